The molecule has 8 nitrogen and oxygen atoms in total. The monoisotopic (exact) mass is 494 g/mol. The number of hydrogen-bond acceptors (Lipinski definition) is 6. The largest absolute Gasteiger partial charge is 0.454 e. The molecule has 0 saturated carbocycles. The number of carbonyl (C=O) groups excluding carboxylic acids is 3. The smallest absolute Gasteiger partial charge is 0.340 e. The molecule has 0 aliphatic rings. The molecule has 178 valence electrons. The van der Waals surface area contributed by atoms with E-state index in [2.05, 4.69) is 5.32 Å². The fourth-order valence-corrected chi connectivity index (χ4v) is 4.75. The van der Waals surface area contributed by atoms with Crippen LogP contribution in [-0.4, -0.2) is 56.6 Å². The SMILES string of the molecule is CCN(CC)S(=O)(=O)c1ccc(Cl)c(C(=O)OCC(=O)c2ccc(CCNC(C)=O)cc2)c1. The highest BCUT2D eigenvalue weighted by molar-refractivity contribution is 7.89. The average Bonchev–Trinajstić information content (AvgIpc) is 2.78. The normalized spacial score (nSPS) is 11.3. The van der Waals surface area contributed by atoms with Gasteiger partial charge < -0.3 is 10.1 Å². The van der Waals surface area contributed by atoms with Crippen molar-refractivity contribution in [3.8, 4) is 0 Å². The molecule has 1 N–H and O–H groups in total. The van der Waals surface area contributed by atoms with Gasteiger partial charge in [0.15, 0.2) is 12.4 Å². The van der Waals surface area contributed by atoms with E-state index in [1.165, 1.54) is 23.4 Å². The number of amides is 1. The molecule has 0 aliphatic carbocycles. The first-order valence-corrected chi connectivity index (χ1v) is 12.2. The number of hydrogen-bond donors (Lipinski definition) is 1. The van der Waals surface area contributed by atoms with E-state index < -0.39 is 28.4 Å². The molecule has 0 unspecified atom stereocenters. The van der Waals surface area contributed by atoms with Crippen molar-refractivity contribution in [1.82, 2.24) is 9.62 Å². The first kappa shape index (κ1) is 26.5. The van der Waals surface area contributed by atoms with Gasteiger partial charge in [0.1, 0.15) is 0 Å². The topological polar surface area (TPSA) is 110 Å². The Balaban J connectivity index is 2.05. The minimum absolute atomic E-state index is 0.0227. The molecular formula is C23H27ClN2O6S. The van der Waals surface area contributed by atoms with Gasteiger partial charge in [-0.05, 0) is 30.2 Å². The summed E-state index contributed by atoms with van der Waals surface area (Å²) in [7, 11) is -3.79. The fraction of sp³-hybridized carbons (Fsp3) is 0.348. The number of ketones is 1. The summed E-state index contributed by atoms with van der Waals surface area (Å²) in [4.78, 5) is 35.8. The van der Waals surface area contributed by atoms with E-state index in [1.54, 1.807) is 38.1 Å². The lowest BCUT2D eigenvalue weighted by molar-refractivity contribution is -0.118. The maximum absolute atomic E-state index is 12.7. The van der Waals surface area contributed by atoms with Crippen LogP contribution in [0.1, 0.15) is 47.1 Å². The molecule has 0 aromatic heterocycles. The van der Waals surface area contributed by atoms with Gasteiger partial charge in [0.2, 0.25) is 15.9 Å². The summed E-state index contributed by atoms with van der Waals surface area (Å²) >= 11 is 6.08. The van der Waals surface area contributed by atoms with Crippen LogP contribution in [0.15, 0.2) is 47.4 Å². The number of sulfonamides is 1. The number of esters is 1. The highest BCUT2D eigenvalue weighted by Gasteiger charge is 2.24. The van der Waals surface area contributed by atoms with Crippen LogP contribution in [0.3, 0.4) is 0 Å². The quantitative estimate of drug-likeness (QED) is 0.379. The van der Waals surface area contributed by atoms with E-state index >= 15 is 0 Å². The molecule has 0 aliphatic heterocycles. The number of nitrogens with zero attached hydrogens (tertiary/aromatic N) is 1. The maximum Gasteiger partial charge on any atom is 0.340 e. The molecular weight excluding hydrogens is 468 g/mol. The Labute approximate surface area is 198 Å². The lowest BCUT2D eigenvalue weighted by Gasteiger charge is -2.19. The third kappa shape index (κ3) is 7.12. The molecule has 0 bridgehead atoms. The van der Waals surface area contributed by atoms with Gasteiger partial charge in [-0.2, -0.15) is 4.31 Å². The summed E-state index contributed by atoms with van der Waals surface area (Å²) in [5, 5.41) is 2.72. The summed E-state index contributed by atoms with van der Waals surface area (Å²) in [5.41, 5.74) is 1.16. The molecule has 2 aromatic carbocycles. The van der Waals surface area contributed by atoms with Gasteiger partial charge >= 0.3 is 5.97 Å². The lowest BCUT2D eigenvalue weighted by Crippen LogP contribution is -2.30. The highest BCUT2D eigenvalue weighted by atomic mass is 35.5. The number of carbonyl (C=O) groups is 3. The van der Waals surface area contributed by atoms with Crippen molar-refractivity contribution in [1.29, 1.82) is 0 Å². The second-order valence-electron chi connectivity index (χ2n) is 7.16. The Morgan fingerprint density at radius 3 is 2.24 bits per heavy atom. The van der Waals surface area contributed by atoms with Gasteiger partial charge in [-0.15, -0.1) is 0 Å². The van der Waals surface area contributed by atoms with Crippen LogP contribution >= 0.6 is 11.6 Å². The standard InChI is InChI=1S/C23H27ClN2O6S/c1-4-26(5-2)33(30,31)19-10-11-21(24)20(14-19)23(29)32-15-22(28)18-8-6-17(7-9-18)12-13-25-16(3)27/h6-11,14H,4-5,12-13,15H2,1-3H3,(H,25,27). The number of benzene rings is 2. The van der Waals surface area contributed by atoms with E-state index in [0.29, 0.717) is 18.5 Å². The van der Waals surface area contributed by atoms with Gasteiger partial charge in [-0.25, -0.2) is 13.2 Å². The van der Waals surface area contributed by atoms with Crippen LogP contribution in [0, 0.1) is 0 Å². The van der Waals surface area contributed by atoms with Crippen LogP contribution in [0.25, 0.3) is 0 Å². The van der Waals surface area contributed by atoms with Crippen molar-refractivity contribution in [3.63, 3.8) is 0 Å². The maximum atomic E-state index is 12.7. The van der Waals surface area contributed by atoms with E-state index in [4.69, 9.17) is 16.3 Å². The molecule has 0 spiro atoms. The first-order chi connectivity index (χ1) is 15.6. The molecule has 10 heteroatoms. The summed E-state index contributed by atoms with van der Waals surface area (Å²) in [6.45, 7) is 5.40. The van der Waals surface area contributed by atoms with Gasteiger partial charge in [-0.3, -0.25) is 9.59 Å². The Hall–Kier alpha value is -2.75. The van der Waals surface area contributed by atoms with Crippen LogP contribution in [0.2, 0.25) is 5.02 Å². The van der Waals surface area contributed by atoms with Gasteiger partial charge in [-0.1, -0.05) is 49.7 Å². The second-order valence-corrected chi connectivity index (χ2v) is 9.51. The molecule has 0 saturated heterocycles. The molecule has 0 atom stereocenters. The van der Waals surface area contributed by atoms with Crippen LogP contribution < -0.4 is 5.32 Å². The Bertz CT molecular complexity index is 1110. The third-order valence-corrected chi connectivity index (χ3v) is 7.27. The molecule has 1 amide bonds. The Morgan fingerprint density at radius 1 is 1.03 bits per heavy atom. The van der Waals surface area contributed by atoms with Crippen LogP contribution in [0.4, 0.5) is 0 Å². The molecule has 2 rings (SSSR count). The van der Waals surface area contributed by atoms with E-state index in [-0.39, 0.29) is 34.5 Å². The van der Waals surface area contributed by atoms with Crippen LogP contribution in [-0.2, 0) is 26.0 Å². The zero-order valence-electron chi connectivity index (χ0n) is 18.8. The highest BCUT2D eigenvalue weighted by Crippen LogP contribution is 2.24. The summed E-state index contributed by atoms with van der Waals surface area (Å²) in [5.74, 6) is -1.42. The van der Waals surface area contributed by atoms with Gasteiger partial charge in [0.05, 0.1) is 15.5 Å². The van der Waals surface area contributed by atoms with E-state index in [0.717, 1.165) is 11.6 Å². The van der Waals surface area contributed by atoms with Crippen molar-refractivity contribution < 1.29 is 27.5 Å². The minimum Gasteiger partial charge on any atom is -0.454 e. The molecule has 0 radical (unpaired) electrons. The molecule has 0 heterocycles. The fourth-order valence-electron chi connectivity index (χ4n) is 3.07. The summed E-state index contributed by atoms with van der Waals surface area (Å²) in [6.07, 6.45) is 0.619. The zero-order valence-corrected chi connectivity index (χ0v) is 20.3. The number of Topliss-reactive ketones (excluding diaryl/α,β-unsaturated/α-hetero) is 1. The Kier molecular flexibility index (Phi) is 9.57. The van der Waals surface area contributed by atoms with E-state index in [9.17, 15) is 22.8 Å². The van der Waals surface area contributed by atoms with Gasteiger partial charge in [0, 0.05) is 32.1 Å². The number of rotatable bonds is 11. The molecule has 33 heavy (non-hydrogen) atoms. The van der Waals surface area contributed by atoms with Crippen molar-refractivity contribution in [2.24, 2.45) is 0 Å². The van der Waals surface area contributed by atoms with Crippen molar-refractivity contribution in [2.45, 2.75) is 32.1 Å². The average molecular weight is 495 g/mol. The third-order valence-electron chi connectivity index (χ3n) is 4.90. The molecule has 0 fully saturated rings. The second kappa shape index (κ2) is 11.9. The van der Waals surface area contributed by atoms with Crippen molar-refractivity contribution in [3.05, 3.63) is 64.2 Å². The van der Waals surface area contributed by atoms with Crippen molar-refractivity contribution in [2.75, 3.05) is 26.2 Å². The number of ether oxygens (including phenoxy) is 1. The van der Waals surface area contributed by atoms with Crippen molar-refractivity contribution >= 4 is 39.3 Å². The lowest BCUT2D eigenvalue weighted by atomic mass is 10.1. The first-order valence-electron chi connectivity index (χ1n) is 10.4. The number of nitrogens with one attached hydrogen (secondary N) is 1. The predicted molar refractivity (Wildman–Crippen MR) is 125 cm³/mol. The zero-order chi connectivity index (χ0) is 24.6. The Morgan fingerprint density at radius 2 is 1.67 bits per heavy atom. The van der Waals surface area contributed by atoms with Gasteiger partial charge in [0.25, 0.3) is 0 Å². The summed E-state index contributed by atoms with van der Waals surface area (Å²) in [6, 6.07) is 10.5. The van der Waals surface area contributed by atoms with Crippen LogP contribution in [0.5, 0.6) is 0 Å². The number of halogens is 1. The van der Waals surface area contributed by atoms with E-state index in [1.807, 2.05) is 0 Å². The summed E-state index contributed by atoms with van der Waals surface area (Å²) < 4.78 is 31.8. The molecule has 2 aromatic rings. The minimum atomic E-state index is -3.79. The predicted octanol–water partition coefficient (Wildman–Crippen LogP) is 3.09.